The summed E-state index contributed by atoms with van der Waals surface area (Å²) in [6, 6.07) is 9.84. The Kier molecular flexibility index (Phi) is 4.73. The fraction of sp³-hybridized carbons (Fsp3) is 0.312. The number of benzene rings is 1. The molecule has 1 aromatic carbocycles. The molecule has 6 nitrogen and oxygen atoms in total. The predicted octanol–water partition coefficient (Wildman–Crippen LogP) is 3.28. The number of fused-ring (bicyclic) bond motifs is 1. The number of ether oxygens (including phenoxy) is 1. The van der Waals surface area contributed by atoms with Gasteiger partial charge in [0.25, 0.3) is 5.78 Å². The smallest absolute Gasteiger partial charge is 0.254 e. The lowest BCUT2D eigenvalue weighted by Crippen LogP contribution is -2.16. The molecule has 3 aromatic rings. The second kappa shape index (κ2) is 6.93. The summed E-state index contributed by atoms with van der Waals surface area (Å²) in [6.45, 7) is 2.58. The first-order valence-corrected chi connectivity index (χ1v) is 7.73. The first kappa shape index (κ1) is 15.7. The summed E-state index contributed by atoms with van der Waals surface area (Å²) in [6.07, 6.45) is 2.31. The Morgan fingerprint density at radius 2 is 2.09 bits per heavy atom. The molecule has 0 saturated heterocycles. The van der Waals surface area contributed by atoms with Crippen LogP contribution in [-0.2, 0) is 4.74 Å². The molecule has 0 radical (unpaired) electrons. The van der Waals surface area contributed by atoms with Crippen LogP contribution in [0.25, 0.3) is 5.78 Å². The molecule has 1 atom stereocenters. The van der Waals surface area contributed by atoms with Crippen molar-refractivity contribution in [3.8, 4) is 0 Å². The molecule has 120 valence electrons. The summed E-state index contributed by atoms with van der Waals surface area (Å²) in [5.41, 5.74) is 2.02. The number of methoxy groups -OCH3 is 1. The van der Waals surface area contributed by atoms with E-state index in [1.165, 1.54) is 6.33 Å². The van der Waals surface area contributed by atoms with Crippen LogP contribution in [0.2, 0.25) is 5.02 Å². The highest BCUT2D eigenvalue weighted by Crippen LogP contribution is 2.24. The molecule has 0 spiro atoms. The molecule has 0 aliphatic carbocycles. The van der Waals surface area contributed by atoms with Crippen LogP contribution in [0.3, 0.4) is 0 Å². The number of anilines is 1. The van der Waals surface area contributed by atoms with Gasteiger partial charge >= 0.3 is 0 Å². The number of aromatic nitrogens is 4. The zero-order valence-corrected chi connectivity index (χ0v) is 13.8. The number of hydrogen-bond acceptors (Lipinski definition) is 5. The number of hydrogen-bond donors (Lipinski definition) is 1. The third-order valence-electron chi connectivity index (χ3n) is 3.59. The maximum atomic E-state index is 5.99. The van der Waals surface area contributed by atoms with Gasteiger partial charge in [-0.2, -0.15) is 14.6 Å². The van der Waals surface area contributed by atoms with Crippen molar-refractivity contribution in [3.05, 3.63) is 52.9 Å². The second-order valence-corrected chi connectivity index (χ2v) is 5.72. The largest absolute Gasteiger partial charge is 0.385 e. The van der Waals surface area contributed by atoms with E-state index in [-0.39, 0.29) is 6.04 Å². The van der Waals surface area contributed by atoms with Crippen molar-refractivity contribution < 1.29 is 4.74 Å². The third-order valence-corrected chi connectivity index (χ3v) is 3.84. The van der Waals surface area contributed by atoms with Crippen LogP contribution in [0.5, 0.6) is 0 Å². The Morgan fingerprint density at radius 3 is 2.83 bits per heavy atom. The van der Waals surface area contributed by atoms with Crippen LogP contribution >= 0.6 is 11.6 Å². The third kappa shape index (κ3) is 3.60. The molecule has 2 heterocycles. The van der Waals surface area contributed by atoms with Gasteiger partial charge in [-0.25, -0.2) is 4.98 Å². The van der Waals surface area contributed by atoms with Gasteiger partial charge in [0.2, 0.25) is 0 Å². The van der Waals surface area contributed by atoms with Gasteiger partial charge < -0.3 is 10.1 Å². The molecule has 3 rings (SSSR count). The minimum absolute atomic E-state index is 0.0708. The van der Waals surface area contributed by atoms with Crippen molar-refractivity contribution in [3.63, 3.8) is 0 Å². The summed E-state index contributed by atoms with van der Waals surface area (Å²) in [5.74, 6) is 1.43. The maximum Gasteiger partial charge on any atom is 0.254 e. The normalized spacial score (nSPS) is 12.5. The predicted molar refractivity (Wildman–Crippen MR) is 89.8 cm³/mol. The number of rotatable bonds is 6. The Hall–Kier alpha value is -2.18. The molecule has 1 N–H and O–H groups in total. The molecule has 7 heteroatoms. The molecular weight excluding hydrogens is 314 g/mol. The number of nitrogens with zero attached hydrogens (tertiary/aromatic N) is 4. The van der Waals surface area contributed by atoms with E-state index in [9.17, 15) is 0 Å². The van der Waals surface area contributed by atoms with Gasteiger partial charge in [-0.1, -0.05) is 23.7 Å². The highest BCUT2D eigenvalue weighted by atomic mass is 35.5. The topological polar surface area (TPSA) is 64.3 Å². The molecule has 2 aromatic heterocycles. The van der Waals surface area contributed by atoms with Gasteiger partial charge in [0.05, 0.1) is 6.04 Å². The zero-order valence-electron chi connectivity index (χ0n) is 13.0. The van der Waals surface area contributed by atoms with Crippen molar-refractivity contribution in [2.24, 2.45) is 0 Å². The van der Waals surface area contributed by atoms with E-state index in [1.54, 1.807) is 11.6 Å². The van der Waals surface area contributed by atoms with Crippen LogP contribution in [0, 0.1) is 6.92 Å². The van der Waals surface area contributed by atoms with E-state index >= 15 is 0 Å². The summed E-state index contributed by atoms with van der Waals surface area (Å²) >= 11 is 5.99. The van der Waals surface area contributed by atoms with Crippen LogP contribution in [0.4, 0.5) is 5.82 Å². The molecule has 0 amide bonds. The molecule has 0 aliphatic rings. The van der Waals surface area contributed by atoms with Crippen LogP contribution in [-0.4, -0.2) is 33.3 Å². The minimum Gasteiger partial charge on any atom is -0.385 e. The highest BCUT2D eigenvalue weighted by Gasteiger charge is 2.14. The first-order chi connectivity index (χ1) is 11.2. The molecule has 1 unspecified atom stereocenters. The van der Waals surface area contributed by atoms with Gasteiger partial charge in [0, 0.05) is 30.5 Å². The number of nitrogens with one attached hydrogen (secondary N) is 1. The van der Waals surface area contributed by atoms with Crippen molar-refractivity contribution >= 4 is 23.2 Å². The molecule has 23 heavy (non-hydrogen) atoms. The van der Waals surface area contributed by atoms with Crippen LogP contribution < -0.4 is 5.32 Å². The van der Waals surface area contributed by atoms with Gasteiger partial charge in [0.15, 0.2) is 0 Å². The summed E-state index contributed by atoms with van der Waals surface area (Å²) in [4.78, 5) is 8.51. The zero-order chi connectivity index (χ0) is 16.2. The number of aryl methyl sites for hydroxylation is 1. The second-order valence-electron chi connectivity index (χ2n) is 5.28. The van der Waals surface area contributed by atoms with Crippen LogP contribution in [0.15, 0.2) is 36.7 Å². The van der Waals surface area contributed by atoms with Crippen molar-refractivity contribution in [1.29, 1.82) is 0 Å². The Labute approximate surface area is 139 Å². The quantitative estimate of drug-likeness (QED) is 0.751. The fourth-order valence-electron chi connectivity index (χ4n) is 2.46. The molecule has 0 aliphatic heterocycles. The molecule has 0 fully saturated rings. The van der Waals surface area contributed by atoms with Gasteiger partial charge in [0.1, 0.15) is 12.1 Å². The van der Waals surface area contributed by atoms with Gasteiger partial charge in [-0.15, -0.1) is 0 Å². The molecule has 0 saturated carbocycles. The van der Waals surface area contributed by atoms with Crippen molar-refractivity contribution in [2.45, 2.75) is 19.4 Å². The molecule has 0 bridgehead atoms. The van der Waals surface area contributed by atoms with E-state index in [0.29, 0.717) is 12.4 Å². The Balaban J connectivity index is 1.93. The summed E-state index contributed by atoms with van der Waals surface area (Å²) < 4.78 is 6.94. The van der Waals surface area contributed by atoms with Crippen molar-refractivity contribution in [2.75, 3.05) is 19.0 Å². The lowest BCUT2D eigenvalue weighted by Gasteiger charge is -2.20. The van der Waals surface area contributed by atoms with E-state index in [2.05, 4.69) is 20.4 Å². The average Bonchev–Trinajstić information content (AvgIpc) is 3.00. The van der Waals surface area contributed by atoms with E-state index in [4.69, 9.17) is 16.3 Å². The fourth-order valence-corrected chi connectivity index (χ4v) is 2.59. The SMILES string of the molecule is COCCC(Nc1cc(C)nc2ncnn12)c1ccc(Cl)cc1. The maximum absolute atomic E-state index is 5.99. The summed E-state index contributed by atoms with van der Waals surface area (Å²) in [5, 5.41) is 8.47. The molecular formula is C16H18ClN5O. The minimum atomic E-state index is 0.0708. The van der Waals surface area contributed by atoms with Crippen molar-refractivity contribution in [1.82, 2.24) is 19.6 Å². The lowest BCUT2D eigenvalue weighted by molar-refractivity contribution is 0.190. The summed E-state index contributed by atoms with van der Waals surface area (Å²) in [7, 11) is 1.70. The van der Waals surface area contributed by atoms with Crippen LogP contribution in [0.1, 0.15) is 23.7 Å². The monoisotopic (exact) mass is 331 g/mol. The first-order valence-electron chi connectivity index (χ1n) is 7.35. The Morgan fingerprint density at radius 1 is 1.30 bits per heavy atom. The van der Waals surface area contributed by atoms with Gasteiger partial charge in [-0.3, -0.25) is 0 Å². The van der Waals surface area contributed by atoms with E-state index in [0.717, 1.165) is 28.5 Å². The Bertz CT molecular complexity index is 787. The average molecular weight is 332 g/mol. The lowest BCUT2D eigenvalue weighted by atomic mass is 10.0. The van der Waals surface area contributed by atoms with Gasteiger partial charge in [-0.05, 0) is 31.0 Å². The van der Waals surface area contributed by atoms with E-state index < -0.39 is 0 Å². The standard InChI is InChI=1S/C16H18ClN5O/c1-11-9-15(22-16(20-11)18-10-19-22)21-14(7-8-23-2)12-3-5-13(17)6-4-12/h3-6,9-10,14,21H,7-8H2,1-2H3. The highest BCUT2D eigenvalue weighted by molar-refractivity contribution is 6.30. The van der Waals surface area contributed by atoms with E-state index in [1.807, 2.05) is 37.3 Å². The number of halogens is 1.